The molecule has 176 valence electrons. The molecule has 3 aromatic carbocycles. The summed E-state index contributed by atoms with van der Waals surface area (Å²) in [6.07, 6.45) is 0. The van der Waals surface area contributed by atoms with Crippen LogP contribution in [0.2, 0.25) is 0 Å². The summed E-state index contributed by atoms with van der Waals surface area (Å²) in [7, 11) is 0. The number of fused-ring (bicyclic) bond motifs is 1. The summed E-state index contributed by atoms with van der Waals surface area (Å²) in [6.45, 7) is 1.09. The Morgan fingerprint density at radius 2 is 1.71 bits per heavy atom. The number of rotatable bonds is 7. The molecule has 1 aromatic heterocycles. The Bertz CT molecular complexity index is 1500. The number of nitrogens with one attached hydrogen (secondary N) is 1. The van der Waals surface area contributed by atoms with E-state index in [-0.39, 0.29) is 29.2 Å². The zero-order chi connectivity index (χ0) is 24.9. The average molecular weight is 472 g/mol. The van der Waals surface area contributed by atoms with Crippen molar-refractivity contribution in [2.75, 3.05) is 11.9 Å². The van der Waals surface area contributed by atoms with Crippen LogP contribution >= 0.6 is 0 Å². The van der Waals surface area contributed by atoms with Crippen molar-refractivity contribution in [1.82, 2.24) is 9.78 Å². The van der Waals surface area contributed by atoms with E-state index in [9.17, 15) is 24.5 Å². The number of ether oxygens (including phenoxy) is 1. The fourth-order valence-electron chi connectivity index (χ4n) is 3.53. The maximum atomic E-state index is 12.9. The maximum absolute atomic E-state index is 12.9. The van der Waals surface area contributed by atoms with Crippen LogP contribution in [0.25, 0.3) is 10.8 Å². The van der Waals surface area contributed by atoms with Gasteiger partial charge in [0.1, 0.15) is 0 Å². The molecule has 1 amide bonds. The zero-order valence-corrected chi connectivity index (χ0v) is 18.6. The fraction of sp³-hybridized carbons (Fsp3) is 0.120. The van der Waals surface area contributed by atoms with Crippen LogP contribution in [0.15, 0.2) is 77.6 Å². The molecule has 1 N–H and O–H groups in total. The second-order valence-corrected chi connectivity index (χ2v) is 7.73. The number of hydrogen-bond donors (Lipinski definition) is 1. The van der Waals surface area contributed by atoms with E-state index in [2.05, 4.69) is 10.4 Å². The van der Waals surface area contributed by atoms with Crippen LogP contribution in [0.4, 0.5) is 11.4 Å². The Balaban J connectivity index is 1.54. The van der Waals surface area contributed by atoms with Gasteiger partial charge < -0.3 is 10.1 Å². The van der Waals surface area contributed by atoms with Crippen molar-refractivity contribution in [1.29, 1.82) is 0 Å². The van der Waals surface area contributed by atoms with Gasteiger partial charge in [-0.1, -0.05) is 54.6 Å². The molecule has 0 aliphatic heterocycles. The number of aryl methyl sites for hydroxylation is 1. The Hall–Kier alpha value is -4.86. The van der Waals surface area contributed by atoms with Gasteiger partial charge in [-0.3, -0.25) is 19.7 Å². The quantitative estimate of drug-likeness (QED) is 0.247. The van der Waals surface area contributed by atoms with Crippen LogP contribution in [0.1, 0.15) is 21.6 Å². The Morgan fingerprint density at radius 1 is 1.03 bits per heavy atom. The minimum Gasteiger partial charge on any atom is -0.451 e. The number of hydrogen-bond acceptors (Lipinski definition) is 7. The van der Waals surface area contributed by atoms with Gasteiger partial charge in [-0.05, 0) is 24.6 Å². The Kier molecular flexibility index (Phi) is 6.63. The summed E-state index contributed by atoms with van der Waals surface area (Å²) in [5.41, 5.74) is 0.861. The number of carbonyl (C=O) groups is 2. The van der Waals surface area contributed by atoms with Crippen LogP contribution in [0, 0.1) is 17.0 Å². The van der Waals surface area contributed by atoms with Crippen LogP contribution in [-0.4, -0.2) is 33.2 Å². The highest BCUT2D eigenvalue weighted by Crippen LogP contribution is 2.22. The minimum atomic E-state index is -0.881. The van der Waals surface area contributed by atoms with Crippen molar-refractivity contribution in [3.8, 4) is 0 Å². The van der Waals surface area contributed by atoms with Gasteiger partial charge in [0.15, 0.2) is 12.3 Å². The highest BCUT2D eigenvalue weighted by Gasteiger charge is 2.20. The van der Waals surface area contributed by atoms with Gasteiger partial charge in [0.2, 0.25) is 0 Å². The molecule has 0 atom stereocenters. The van der Waals surface area contributed by atoms with Gasteiger partial charge >= 0.3 is 5.97 Å². The molecule has 0 fully saturated rings. The van der Waals surface area contributed by atoms with Gasteiger partial charge in [0.05, 0.1) is 16.9 Å². The molecule has 0 bridgehead atoms. The van der Waals surface area contributed by atoms with Crippen LogP contribution < -0.4 is 10.9 Å². The molecule has 4 rings (SSSR count). The van der Waals surface area contributed by atoms with E-state index >= 15 is 0 Å². The lowest BCUT2D eigenvalue weighted by molar-refractivity contribution is -0.385. The smallest absolute Gasteiger partial charge is 0.359 e. The van der Waals surface area contributed by atoms with Gasteiger partial charge in [-0.15, -0.1) is 0 Å². The second-order valence-electron chi connectivity index (χ2n) is 7.73. The third kappa shape index (κ3) is 5.22. The standard InChI is InChI=1S/C25H20N4O6/c1-16-11-12-18(13-21(16)29(33)34)26-22(30)15-35-25(32)23-19-9-5-6-10-20(19)24(31)28(27-23)14-17-7-3-2-4-8-17/h2-13H,14-15H2,1H3,(H,26,30). The Labute approximate surface area is 198 Å². The van der Waals surface area contributed by atoms with Crippen molar-refractivity contribution >= 4 is 34.0 Å². The summed E-state index contributed by atoms with van der Waals surface area (Å²) < 4.78 is 6.33. The van der Waals surface area contributed by atoms with E-state index in [0.717, 1.165) is 5.56 Å². The molecule has 0 aliphatic carbocycles. The second kappa shape index (κ2) is 9.96. The van der Waals surface area contributed by atoms with Gasteiger partial charge in [-0.2, -0.15) is 5.10 Å². The molecular formula is C25H20N4O6. The first kappa shape index (κ1) is 23.3. The summed E-state index contributed by atoms with van der Waals surface area (Å²) in [4.78, 5) is 48.6. The van der Waals surface area contributed by atoms with Crippen LogP contribution in [-0.2, 0) is 16.1 Å². The van der Waals surface area contributed by atoms with E-state index in [1.165, 1.54) is 22.9 Å². The van der Waals surface area contributed by atoms with E-state index in [4.69, 9.17) is 4.74 Å². The van der Waals surface area contributed by atoms with Crippen molar-refractivity contribution in [3.05, 3.63) is 110 Å². The molecule has 10 heteroatoms. The molecule has 0 saturated heterocycles. The predicted molar refractivity (Wildman–Crippen MR) is 128 cm³/mol. The number of carbonyl (C=O) groups excluding carboxylic acids is 2. The summed E-state index contributed by atoms with van der Waals surface area (Å²) in [5, 5.41) is 18.4. The largest absolute Gasteiger partial charge is 0.451 e. The van der Waals surface area contributed by atoms with Crippen molar-refractivity contribution in [2.45, 2.75) is 13.5 Å². The lowest BCUT2D eigenvalue weighted by Gasteiger charge is -2.11. The zero-order valence-electron chi connectivity index (χ0n) is 18.6. The molecule has 0 unspecified atom stereocenters. The summed E-state index contributed by atoms with van der Waals surface area (Å²) >= 11 is 0. The van der Waals surface area contributed by atoms with E-state index in [0.29, 0.717) is 16.3 Å². The van der Waals surface area contributed by atoms with E-state index < -0.39 is 23.4 Å². The van der Waals surface area contributed by atoms with Gasteiger partial charge in [0.25, 0.3) is 17.2 Å². The van der Waals surface area contributed by atoms with Crippen molar-refractivity contribution in [2.24, 2.45) is 0 Å². The third-order valence-corrected chi connectivity index (χ3v) is 5.26. The number of nitro benzene ring substituents is 1. The molecule has 0 aliphatic rings. The number of esters is 1. The third-order valence-electron chi connectivity index (χ3n) is 5.26. The molecule has 0 radical (unpaired) electrons. The lowest BCUT2D eigenvalue weighted by Crippen LogP contribution is -2.28. The van der Waals surface area contributed by atoms with Gasteiger partial charge in [0, 0.05) is 22.7 Å². The fourth-order valence-corrected chi connectivity index (χ4v) is 3.53. The number of anilines is 1. The molecule has 35 heavy (non-hydrogen) atoms. The molecule has 0 saturated carbocycles. The topological polar surface area (TPSA) is 133 Å². The maximum Gasteiger partial charge on any atom is 0.359 e. The van der Waals surface area contributed by atoms with Gasteiger partial charge in [-0.25, -0.2) is 9.48 Å². The number of nitrogens with zero attached hydrogens (tertiary/aromatic N) is 3. The number of amides is 1. The molecule has 10 nitrogen and oxygen atoms in total. The predicted octanol–water partition coefficient (Wildman–Crippen LogP) is 3.46. The normalized spacial score (nSPS) is 10.7. The van der Waals surface area contributed by atoms with Crippen LogP contribution in [0.3, 0.4) is 0 Å². The highest BCUT2D eigenvalue weighted by atomic mass is 16.6. The van der Waals surface area contributed by atoms with Crippen LogP contribution in [0.5, 0.6) is 0 Å². The molecule has 4 aromatic rings. The molecular weight excluding hydrogens is 452 g/mol. The summed E-state index contributed by atoms with van der Waals surface area (Å²) in [6, 6.07) is 19.9. The first-order valence-corrected chi connectivity index (χ1v) is 10.6. The summed E-state index contributed by atoms with van der Waals surface area (Å²) in [5.74, 6) is -1.56. The number of benzene rings is 3. The first-order valence-electron chi connectivity index (χ1n) is 10.6. The lowest BCUT2D eigenvalue weighted by atomic mass is 10.1. The Morgan fingerprint density at radius 3 is 2.43 bits per heavy atom. The highest BCUT2D eigenvalue weighted by molar-refractivity contribution is 6.03. The number of nitro groups is 1. The SMILES string of the molecule is Cc1ccc(NC(=O)COC(=O)c2nn(Cc3ccccc3)c(=O)c3ccccc23)cc1[N+](=O)[O-]. The van der Waals surface area contributed by atoms with E-state index in [1.807, 2.05) is 30.3 Å². The van der Waals surface area contributed by atoms with Crippen molar-refractivity contribution in [3.63, 3.8) is 0 Å². The monoisotopic (exact) mass is 472 g/mol. The average Bonchev–Trinajstić information content (AvgIpc) is 2.86. The molecule has 1 heterocycles. The minimum absolute atomic E-state index is 0.102. The van der Waals surface area contributed by atoms with Crippen molar-refractivity contribution < 1.29 is 19.2 Å². The van der Waals surface area contributed by atoms with E-state index in [1.54, 1.807) is 31.2 Å². The molecule has 0 spiro atoms. The first-order chi connectivity index (χ1) is 16.8. The number of aromatic nitrogens is 2.